The lowest BCUT2D eigenvalue weighted by Crippen LogP contribution is -2.41. The van der Waals surface area contributed by atoms with E-state index in [1.165, 1.54) is 0 Å². The molecule has 1 nitrogen and oxygen atoms in total. The van der Waals surface area contributed by atoms with E-state index in [4.69, 9.17) is 4.43 Å². The van der Waals surface area contributed by atoms with Gasteiger partial charge in [-0.1, -0.05) is 38.9 Å². The Labute approximate surface area is 100 Å². The molecule has 0 unspecified atom stereocenters. The Morgan fingerprint density at radius 1 is 0.938 bits per heavy atom. The molecule has 0 heterocycles. The van der Waals surface area contributed by atoms with E-state index in [0.717, 1.165) is 18.1 Å². The monoisotopic (exact) mass is 266 g/mol. The average molecular weight is 266 g/mol. The van der Waals surface area contributed by atoms with Crippen molar-refractivity contribution >= 4 is 16.4 Å². The van der Waals surface area contributed by atoms with Crippen LogP contribution in [0, 0.1) is 0 Å². The van der Waals surface area contributed by atoms with Crippen LogP contribution >= 0.6 is 0 Å². The summed E-state index contributed by atoms with van der Waals surface area (Å²) in [6.07, 6.45) is -1.58. The highest BCUT2D eigenvalue weighted by molar-refractivity contribution is 6.87. The van der Waals surface area contributed by atoms with E-state index in [1.54, 1.807) is 0 Å². The van der Waals surface area contributed by atoms with Crippen LogP contribution in [0.15, 0.2) is 11.5 Å². The minimum atomic E-state index is -2.08. The number of hydrogen-bond acceptors (Lipinski definition) is 1. The molecule has 0 radical (unpaired) electrons. The fraction of sp³-hybridized carbons (Fsp3) is 0.818. The van der Waals surface area contributed by atoms with Crippen LogP contribution in [0.3, 0.4) is 0 Å². The van der Waals surface area contributed by atoms with E-state index in [-0.39, 0.29) is 5.38 Å². The van der Waals surface area contributed by atoms with Gasteiger partial charge in [0.25, 0.3) is 0 Å². The average Bonchev–Trinajstić information content (AvgIpc) is 2.17. The van der Waals surface area contributed by atoms with Crippen molar-refractivity contribution < 1.29 is 13.2 Å². The van der Waals surface area contributed by atoms with Gasteiger partial charge in [-0.3, -0.25) is 0 Å². The lowest BCUT2D eigenvalue weighted by atomic mass is 10.9. The Bertz CT molecular complexity index is 243. The summed E-state index contributed by atoms with van der Waals surface area (Å²) in [7, 11) is -4.02. The predicted molar refractivity (Wildman–Crippen MR) is 70.9 cm³/mol. The van der Waals surface area contributed by atoms with Gasteiger partial charge in [0.1, 0.15) is 13.5 Å². The summed E-state index contributed by atoms with van der Waals surface area (Å²) < 4.78 is 31.9. The van der Waals surface area contributed by atoms with Crippen LogP contribution in [0.25, 0.3) is 0 Å². The topological polar surface area (TPSA) is 9.23 Å². The highest BCUT2D eigenvalue weighted by Crippen LogP contribution is 2.34. The summed E-state index contributed by atoms with van der Waals surface area (Å²) in [5.74, 6) is 0. The van der Waals surface area contributed by atoms with E-state index in [9.17, 15) is 8.78 Å². The Hall–Kier alpha value is -0.166. The van der Waals surface area contributed by atoms with Crippen molar-refractivity contribution in [2.24, 2.45) is 0 Å². The molecule has 0 aliphatic rings. The van der Waals surface area contributed by atoms with E-state index in [1.807, 2.05) is 40.4 Å². The van der Waals surface area contributed by atoms with Gasteiger partial charge in [0, 0.05) is 0 Å². The Balaban J connectivity index is 5.28. The summed E-state index contributed by atoms with van der Waals surface area (Å²) in [5, 5.41) is 0.0826. The molecule has 0 saturated carbocycles. The van der Waals surface area contributed by atoms with Gasteiger partial charge in [-0.2, -0.15) is 8.78 Å². The molecular formula is C11H24F2OSi2. The molecule has 0 rings (SSSR count). The van der Waals surface area contributed by atoms with Crippen LogP contribution in [0.1, 0.15) is 20.8 Å². The van der Waals surface area contributed by atoms with Gasteiger partial charge in [0.2, 0.25) is 8.32 Å². The largest absolute Gasteiger partial charge is 0.547 e. The second kappa shape index (κ2) is 5.95. The molecule has 0 aromatic carbocycles. The van der Waals surface area contributed by atoms with E-state index in [2.05, 4.69) is 0 Å². The summed E-state index contributed by atoms with van der Waals surface area (Å²) >= 11 is 0. The van der Waals surface area contributed by atoms with Crippen LogP contribution in [-0.4, -0.2) is 16.4 Å². The summed E-state index contributed by atoms with van der Waals surface area (Å²) in [6.45, 7) is 11.9. The quantitative estimate of drug-likeness (QED) is 0.486. The number of halogens is 2. The van der Waals surface area contributed by atoms with Crippen LogP contribution < -0.4 is 0 Å². The van der Waals surface area contributed by atoms with Crippen LogP contribution in [0.4, 0.5) is 8.78 Å². The van der Waals surface area contributed by atoms with Gasteiger partial charge >= 0.3 is 6.08 Å². The van der Waals surface area contributed by atoms with Crippen molar-refractivity contribution in [3.05, 3.63) is 11.5 Å². The third-order valence-corrected chi connectivity index (χ3v) is 9.43. The van der Waals surface area contributed by atoms with E-state index < -0.39 is 22.5 Å². The zero-order chi connectivity index (χ0) is 13.0. The Morgan fingerprint density at radius 2 is 1.31 bits per heavy atom. The summed E-state index contributed by atoms with van der Waals surface area (Å²) in [6, 6.07) is 2.49. The first kappa shape index (κ1) is 15.8. The molecule has 0 atom stereocenters. The van der Waals surface area contributed by atoms with Crippen molar-refractivity contribution in [3.8, 4) is 0 Å². The van der Waals surface area contributed by atoms with Crippen molar-refractivity contribution in [2.45, 2.75) is 58.5 Å². The fourth-order valence-corrected chi connectivity index (χ4v) is 7.22. The van der Waals surface area contributed by atoms with Crippen LogP contribution in [0.5, 0.6) is 0 Å². The van der Waals surface area contributed by atoms with Gasteiger partial charge in [-0.15, -0.1) is 0 Å². The van der Waals surface area contributed by atoms with Gasteiger partial charge < -0.3 is 4.43 Å². The van der Waals surface area contributed by atoms with Crippen molar-refractivity contribution in [1.29, 1.82) is 0 Å². The molecule has 0 spiro atoms. The normalized spacial score (nSPS) is 12.5. The fourth-order valence-electron chi connectivity index (χ4n) is 1.89. The van der Waals surface area contributed by atoms with E-state index >= 15 is 0 Å². The number of rotatable bonds is 6. The highest BCUT2D eigenvalue weighted by atomic mass is 28.4. The second-order valence-electron chi connectivity index (χ2n) is 5.14. The Morgan fingerprint density at radius 3 is 1.50 bits per heavy atom. The summed E-state index contributed by atoms with van der Waals surface area (Å²) in [5.41, 5.74) is 0. The molecule has 5 heteroatoms. The van der Waals surface area contributed by atoms with Crippen molar-refractivity contribution in [3.63, 3.8) is 0 Å². The first-order chi connectivity index (χ1) is 7.22. The van der Waals surface area contributed by atoms with Gasteiger partial charge in [0.05, 0.1) is 0 Å². The molecule has 0 fully saturated rings. The molecule has 0 amide bonds. The van der Waals surface area contributed by atoms with Gasteiger partial charge in [-0.25, -0.2) is 0 Å². The molecule has 96 valence electrons. The second-order valence-corrected chi connectivity index (χ2v) is 14.7. The minimum Gasteiger partial charge on any atom is -0.547 e. The Kier molecular flexibility index (Phi) is 5.89. The minimum absolute atomic E-state index is 0.0826. The third-order valence-electron chi connectivity index (χ3n) is 3.09. The van der Waals surface area contributed by atoms with Gasteiger partial charge in [-0.05, 0) is 19.6 Å². The third kappa shape index (κ3) is 4.01. The van der Waals surface area contributed by atoms with Crippen molar-refractivity contribution in [2.75, 3.05) is 0 Å². The van der Waals surface area contributed by atoms with E-state index in [0.29, 0.717) is 0 Å². The molecule has 0 aliphatic heterocycles. The highest BCUT2D eigenvalue weighted by Gasteiger charge is 2.39. The number of hydrogen-bond donors (Lipinski definition) is 0. The van der Waals surface area contributed by atoms with Crippen LogP contribution in [0.2, 0.25) is 37.8 Å². The zero-order valence-electron chi connectivity index (χ0n) is 11.3. The molecule has 0 aliphatic carbocycles. The smallest absolute Gasteiger partial charge is 0.300 e. The maximum atomic E-state index is 13.1. The maximum absolute atomic E-state index is 13.1. The first-order valence-electron chi connectivity index (χ1n) is 5.97. The SMILES string of the molecule is CC[Si](CC)(CC)C(O[Si](C)(C)C)=C(F)F. The molecule has 0 aromatic rings. The molecular weight excluding hydrogens is 242 g/mol. The maximum Gasteiger partial charge on any atom is 0.300 e. The molecule has 0 N–H and O–H groups in total. The standard InChI is InChI=1S/C11H24F2OSi2/c1-7-16(8-2,9-3)11(10(12)13)14-15(4,5)6/h7-9H2,1-6H3. The molecule has 0 saturated heterocycles. The zero-order valence-corrected chi connectivity index (χ0v) is 13.3. The van der Waals surface area contributed by atoms with Crippen molar-refractivity contribution in [1.82, 2.24) is 0 Å². The van der Waals surface area contributed by atoms with Gasteiger partial charge in [0.15, 0.2) is 0 Å². The molecule has 16 heavy (non-hydrogen) atoms. The van der Waals surface area contributed by atoms with Crippen LogP contribution in [-0.2, 0) is 4.43 Å². The summed E-state index contributed by atoms with van der Waals surface area (Å²) in [4.78, 5) is 0. The first-order valence-corrected chi connectivity index (χ1v) is 12.0. The predicted octanol–water partition coefficient (Wildman–Crippen LogP) is 4.99. The lowest BCUT2D eigenvalue weighted by Gasteiger charge is -2.34. The molecule has 0 bridgehead atoms. The lowest BCUT2D eigenvalue weighted by molar-refractivity contribution is 0.344. The molecule has 0 aromatic heterocycles.